The van der Waals surface area contributed by atoms with Crippen molar-refractivity contribution in [3.8, 4) is 0 Å². The van der Waals surface area contributed by atoms with Crippen LogP contribution < -0.4 is 0 Å². The second-order valence-electron chi connectivity index (χ2n) is 5.60. The molecule has 1 atom stereocenters. The third kappa shape index (κ3) is 4.79. The normalized spacial score (nSPS) is 12.5. The number of aryl methyl sites for hydroxylation is 2. The highest BCUT2D eigenvalue weighted by Gasteiger charge is 2.16. The van der Waals surface area contributed by atoms with Crippen LogP contribution in [0.4, 0.5) is 0 Å². The lowest BCUT2D eigenvalue weighted by Crippen LogP contribution is -2.13. The van der Waals surface area contributed by atoms with Crippen LogP contribution in [0.1, 0.15) is 16.2 Å². The summed E-state index contributed by atoms with van der Waals surface area (Å²) in [6.45, 7) is 3.03. The van der Waals surface area contributed by atoms with Gasteiger partial charge in [-0.2, -0.15) is 0 Å². The molecule has 3 aromatic rings. The first-order valence-corrected chi connectivity index (χ1v) is 10.2. The molecule has 2 nitrogen and oxygen atoms in total. The predicted octanol–water partition coefficient (Wildman–Crippen LogP) is 6.35. The molecule has 0 aliphatic carbocycles. The number of rotatable bonds is 7. The van der Waals surface area contributed by atoms with E-state index in [9.17, 15) is 0 Å². The lowest BCUT2D eigenvalue weighted by Gasteiger charge is -2.18. The number of nitrogens with zero attached hydrogens (tertiary/aromatic N) is 2. The van der Waals surface area contributed by atoms with E-state index < -0.39 is 0 Å². The van der Waals surface area contributed by atoms with Gasteiger partial charge in [-0.05, 0) is 44.0 Å². The number of aromatic nitrogens is 2. The summed E-state index contributed by atoms with van der Waals surface area (Å²) in [6.07, 6.45) is 7.79. The van der Waals surface area contributed by atoms with Crippen LogP contribution >= 0.6 is 46.3 Å². The molecule has 0 bridgehead atoms. The number of thioether (sulfide) groups is 1. The molecule has 24 heavy (non-hydrogen) atoms. The highest BCUT2D eigenvalue weighted by Crippen LogP contribution is 2.38. The van der Waals surface area contributed by atoms with Crippen molar-refractivity contribution < 1.29 is 0 Å². The Bertz CT molecular complexity index is 764. The van der Waals surface area contributed by atoms with E-state index in [-0.39, 0.29) is 0 Å². The summed E-state index contributed by atoms with van der Waals surface area (Å²) >= 11 is 16.3. The predicted molar refractivity (Wildman–Crippen MR) is 106 cm³/mol. The Balaban J connectivity index is 1.73. The molecule has 2 heterocycles. The van der Waals surface area contributed by atoms with Gasteiger partial charge in [-0.15, -0.1) is 23.1 Å². The first-order valence-electron chi connectivity index (χ1n) is 7.73. The van der Waals surface area contributed by atoms with Crippen molar-refractivity contribution in [3.63, 3.8) is 0 Å². The lowest BCUT2D eigenvalue weighted by molar-refractivity contribution is 0.626. The molecule has 1 unspecified atom stereocenters. The second kappa shape index (κ2) is 8.43. The molecular formula is C18H18Cl2N2S2. The Morgan fingerprint density at radius 2 is 2.00 bits per heavy atom. The number of thiophene rings is 1. The van der Waals surface area contributed by atoms with Gasteiger partial charge in [0.15, 0.2) is 0 Å². The molecule has 0 aliphatic heterocycles. The molecule has 0 N–H and O–H groups in total. The van der Waals surface area contributed by atoms with Gasteiger partial charge in [0, 0.05) is 38.8 Å². The van der Waals surface area contributed by atoms with Gasteiger partial charge in [-0.25, -0.2) is 4.98 Å². The van der Waals surface area contributed by atoms with Crippen molar-refractivity contribution in [2.45, 2.75) is 36.5 Å². The van der Waals surface area contributed by atoms with Crippen LogP contribution in [0.2, 0.25) is 10.0 Å². The van der Waals surface area contributed by atoms with Gasteiger partial charge in [0.2, 0.25) is 0 Å². The van der Waals surface area contributed by atoms with Crippen molar-refractivity contribution >= 4 is 46.3 Å². The maximum absolute atomic E-state index is 6.35. The molecule has 0 aliphatic rings. The fourth-order valence-corrected chi connectivity index (χ4v) is 5.25. The van der Waals surface area contributed by atoms with Crippen LogP contribution in [0.5, 0.6) is 0 Å². The van der Waals surface area contributed by atoms with Gasteiger partial charge < -0.3 is 4.57 Å². The van der Waals surface area contributed by atoms with Crippen LogP contribution in [0.15, 0.2) is 53.9 Å². The summed E-state index contributed by atoms with van der Waals surface area (Å²) in [5.74, 6) is 0. The minimum atomic E-state index is 0.374. The summed E-state index contributed by atoms with van der Waals surface area (Å²) in [5.41, 5.74) is 0. The molecule has 0 fully saturated rings. The summed E-state index contributed by atoms with van der Waals surface area (Å²) in [5, 5.41) is 1.81. The molecule has 0 amide bonds. The molecule has 0 saturated carbocycles. The van der Waals surface area contributed by atoms with Crippen LogP contribution in [-0.4, -0.2) is 14.8 Å². The molecule has 0 radical (unpaired) electrons. The minimum Gasteiger partial charge on any atom is -0.336 e. The summed E-state index contributed by atoms with van der Waals surface area (Å²) in [7, 11) is 0. The molecule has 126 valence electrons. The molecule has 6 heteroatoms. The van der Waals surface area contributed by atoms with E-state index in [1.165, 1.54) is 9.75 Å². The topological polar surface area (TPSA) is 17.8 Å². The number of imidazole rings is 1. The minimum absolute atomic E-state index is 0.374. The zero-order valence-corrected chi connectivity index (χ0v) is 16.4. The van der Waals surface area contributed by atoms with E-state index in [4.69, 9.17) is 23.2 Å². The van der Waals surface area contributed by atoms with Crippen molar-refractivity contribution in [2.75, 3.05) is 0 Å². The zero-order valence-electron chi connectivity index (χ0n) is 13.3. The second-order valence-corrected chi connectivity index (χ2v) is 9.10. The number of hydrogen-bond acceptors (Lipinski definition) is 3. The smallest absolute Gasteiger partial charge is 0.0946 e. The molecule has 0 saturated heterocycles. The maximum atomic E-state index is 6.35. The summed E-state index contributed by atoms with van der Waals surface area (Å²) in [6, 6.07) is 10.1. The van der Waals surface area contributed by atoms with E-state index in [1.807, 2.05) is 48.3 Å². The highest BCUT2D eigenvalue weighted by atomic mass is 35.5. The van der Waals surface area contributed by atoms with Gasteiger partial charge in [0.25, 0.3) is 0 Å². The number of halogens is 2. The molecule has 3 rings (SSSR count). The van der Waals surface area contributed by atoms with E-state index in [0.717, 1.165) is 34.3 Å². The lowest BCUT2D eigenvalue weighted by atomic mass is 10.2. The van der Waals surface area contributed by atoms with Gasteiger partial charge in [-0.1, -0.05) is 29.3 Å². The van der Waals surface area contributed by atoms with Gasteiger partial charge >= 0.3 is 0 Å². The average molecular weight is 397 g/mol. The Morgan fingerprint density at radius 3 is 2.62 bits per heavy atom. The van der Waals surface area contributed by atoms with Gasteiger partial charge in [-0.3, -0.25) is 0 Å². The third-order valence-corrected chi connectivity index (χ3v) is 6.99. The highest BCUT2D eigenvalue weighted by molar-refractivity contribution is 8.00. The van der Waals surface area contributed by atoms with E-state index in [1.54, 1.807) is 11.8 Å². The number of hydrogen-bond donors (Lipinski definition) is 0. The Morgan fingerprint density at radius 1 is 1.21 bits per heavy atom. The summed E-state index contributed by atoms with van der Waals surface area (Å²) < 4.78 is 2.11. The molecular weight excluding hydrogens is 379 g/mol. The van der Waals surface area contributed by atoms with Crippen LogP contribution in [0.25, 0.3) is 0 Å². The van der Waals surface area contributed by atoms with Crippen molar-refractivity contribution in [1.82, 2.24) is 9.55 Å². The quantitative estimate of drug-likeness (QED) is 0.432. The number of benzene rings is 1. The largest absolute Gasteiger partial charge is 0.336 e. The Labute approximate surface area is 160 Å². The van der Waals surface area contributed by atoms with E-state index in [0.29, 0.717) is 5.25 Å². The van der Waals surface area contributed by atoms with Gasteiger partial charge in [0.1, 0.15) is 0 Å². The Kier molecular flexibility index (Phi) is 6.28. The van der Waals surface area contributed by atoms with Crippen LogP contribution in [0, 0.1) is 6.92 Å². The van der Waals surface area contributed by atoms with Crippen LogP contribution in [-0.2, 0) is 13.0 Å². The van der Waals surface area contributed by atoms with E-state index in [2.05, 4.69) is 28.6 Å². The van der Waals surface area contributed by atoms with Crippen molar-refractivity contribution in [1.29, 1.82) is 0 Å². The van der Waals surface area contributed by atoms with Crippen molar-refractivity contribution in [2.24, 2.45) is 0 Å². The summed E-state index contributed by atoms with van der Waals surface area (Å²) in [4.78, 5) is 7.89. The first-order chi connectivity index (χ1) is 11.6. The van der Waals surface area contributed by atoms with E-state index >= 15 is 0 Å². The first kappa shape index (κ1) is 17.9. The van der Waals surface area contributed by atoms with Gasteiger partial charge in [0.05, 0.1) is 16.4 Å². The monoisotopic (exact) mass is 396 g/mol. The fraction of sp³-hybridized carbons (Fsp3) is 0.278. The Hall–Kier alpha value is -0.940. The zero-order chi connectivity index (χ0) is 16.9. The fourth-order valence-electron chi connectivity index (χ4n) is 2.50. The molecule has 1 aromatic carbocycles. The standard InChI is InChI=1S/C18H18Cl2N2S2/c1-13-5-6-14(23-13)7-8-15(11-22-10-9-21-12-22)24-18-16(19)3-2-4-17(18)20/h2-6,9-10,12,15H,7-8,11H2,1H3. The molecule has 2 aromatic heterocycles. The SMILES string of the molecule is Cc1ccc(CCC(Cn2ccnc2)Sc2c(Cl)cccc2Cl)s1. The van der Waals surface area contributed by atoms with Crippen LogP contribution in [0.3, 0.4) is 0 Å². The third-order valence-electron chi connectivity index (χ3n) is 3.69. The van der Waals surface area contributed by atoms with Crippen molar-refractivity contribution in [3.05, 3.63) is 68.9 Å². The average Bonchev–Trinajstić information content (AvgIpc) is 3.20. The maximum Gasteiger partial charge on any atom is 0.0946 e. The molecule has 0 spiro atoms.